The molecule has 1 fully saturated rings. The number of H-pyrrole nitrogens is 1. The molecule has 0 aliphatic carbocycles. The number of nitrogens with zero attached hydrogens (tertiary/aromatic N) is 1. The number of nitrogens with one attached hydrogen (secondary N) is 1. The van der Waals surface area contributed by atoms with Crippen molar-refractivity contribution in [2.75, 3.05) is 6.61 Å². The van der Waals surface area contributed by atoms with E-state index in [2.05, 4.69) is 4.98 Å². The highest BCUT2D eigenvalue weighted by Crippen LogP contribution is 2.32. The first-order valence-corrected chi connectivity index (χ1v) is 7.36. The van der Waals surface area contributed by atoms with E-state index < -0.39 is 18.4 Å². The Morgan fingerprint density at radius 1 is 1.36 bits per heavy atom. The fraction of sp³-hybridized carbons (Fsp3) is 0.333. The van der Waals surface area contributed by atoms with Crippen LogP contribution in [0.5, 0.6) is 0 Å². The van der Waals surface area contributed by atoms with Crippen molar-refractivity contribution in [2.24, 2.45) is 0 Å². The standard InChI is InChI=1S/C15H16N2O4S/c18-8-10-6-12(19)14(21-10)17-11(7-13(20)16-15(17)22)9-4-2-1-3-5-9/h1-5,7,10,12,14,18-19H,6,8H2,(H,16,20,22)/t10-,12+,14+/m0/s1. The molecule has 1 aromatic heterocycles. The van der Waals surface area contributed by atoms with Gasteiger partial charge in [0, 0.05) is 12.5 Å². The minimum Gasteiger partial charge on any atom is -0.394 e. The van der Waals surface area contributed by atoms with E-state index in [1.54, 1.807) is 4.57 Å². The minimum absolute atomic E-state index is 0.175. The second-order valence-corrected chi connectivity index (χ2v) is 5.58. The Morgan fingerprint density at radius 3 is 2.73 bits per heavy atom. The molecule has 22 heavy (non-hydrogen) atoms. The van der Waals surface area contributed by atoms with Crippen LogP contribution in [0, 0.1) is 4.77 Å². The maximum absolute atomic E-state index is 11.8. The maximum Gasteiger partial charge on any atom is 0.252 e. The SMILES string of the molecule is O=c1cc(-c2ccccc2)n([C@@H]2O[C@H](CO)C[C@H]2O)c(=S)[nH]1. The zero-order chi connectivity index (χ0) is 15.7. The molecule has 116 valence electrons. The summed E-state index contributed by atoms with van der Waals surface area (Å²) in [7, 11) is 0. The average molecular weight is 320 g/mol. The van der Waals surface area contributed by atoms with E-state index in [4.69, 9.17) is 17.0 Å². The molecule has 0 spiro atoms. The van der Waals surface area contributed by atoms with Crippen molar-refractivity contribution in [2.45, 2.75) is 24.9 Å². The summed E-state index contributed by atoms with van der Waals surface area (Å²) in [4.78, 5) is 14.3. The largest absolute Gasteiger partial charge is 0.394 e. The Labute approximate surface area is 131 Å². The Balaban J connectivity index is 2.15. The van der Waals surface area contributed by atoms with Crippen LogP contribution in [0.1, 0.15) is 12.6 Å². The van der Waals surface area contributed by atoms with Gasteiger partial charge in [-0.15, -0.1) is 0 Å². The van der Waals surface area contributed by atoms with Crippen molar-refractivity contribution >= 4 is 12.2 Å². The molecule has 2 heterocycles. The van der Waals surface area contributed by atoms with Gasteiger partial charge in [0.05, 0.1) is 18.4 Å². The number of ether oxygens (including phenoxy) is 1. The van der Waals surface area contributed by atoms with Crippen molar-refractivity contribution in [3.05, 3.63) is 51.5 Å². The summed E-state index contributed by atoms with van der Waals surface area (Å²) in [5.74, 6) is 0. The smallest absolute Gasteiger partial charge is 0.252 e. The molecule has 6 nitrogen and oxygen atoms in total. The van der Waals surface area contributed by atoms with Crippen LogP contribution >= 0.6 is 12.2 Å². The Kier molecular flexibility index (Phi) is 4.21. The molecule has 3 rings (SSSR count). The quantitative estimate of drug-likeness (QED) is 0.740. The lowest BCUT2D eigenvalue weighted by Gasteiger charge is -2.22. The molecule has 2 aromatic rings. The number of aromatic nitrogens is 2. The molecule has 0 saturated carbocycles. The zero-order valence-electron chi connectivity index (χ0n) is 11.7. The molecule has 1 aliphatic heterocycles. The molecule has 1 saturated heterocycles. The topological polar surface area (TPSA) is 87.5 Å². The first kappa shape index (κ1) is 15.1. The van der Waals surface area contributed by atoms with E-state index in [0.29, 0.717) is 12.1 Å². The number of benzene rings is 1. The van der Waals surface area contributed by atoms with E-state index >= 15 is 0 Å². The normalized spacial score (nSPS) is 24.5. The Morgan fingerprint density at radius 2 is 2.09 bits per heavy atom. The fourth-order valence-electron chi connectivity index (χ4n) is 2.67. The van der Waals surface area contributed by atoms with E-state index in [-0.39, 0.29) is 16.9 Å². The van der Waals surface area contributed by atoms with Gasteiger partial charge in [0.25, 0.3) is 5.56 Å². The van der Waals surface area contributed by atoms with Gasteiger partial charge in [0.1, 0.15) is 6.10 Å². The number of hydrogen-bond acceptors (Lipinski definition) is 5. The van der Waals surface area contributed by atoms with Crippen LogP contribution in [-0.4, -0.2) is 38.6 Å². The van der Waals surface area contributed by atoms with Crippen LogP contribution in [0.2, 0.25) is 0 Å². The van der Waals surface area contributed by atoms with Crippen LogP contribution < -0.4 is 5.56 Å². The van der Waals surface area contributed by atoms with Crippen LogP contribution in [-0.2, 0) is 4.74 Å². The highest BCUT2D eigenvalue weighted by molar-refractivity contribution is 7.71. The summed E-state index contributed by atoms with van der Waals surface area (Å²) in [5.41, 5.74) is 1.05. The first-order chi connectivity index (χ1) is 10.6. The summed E-state index contributed by atoms with van der Waals surface area (Å²) in [6.45, 7) is -0.176. The molecule has 0 unspecified atom stereocenters. The molecule has 0 radical (unpaired) electrons. The number of aromatic amines is 1. The molecule has 1 aromatic carbocycles. The molecule has 0 bridgehead atoms. The van der Waals surface area contributed by atoms with Gasteiger partial charge in [-0.05, 0) is 17.8 Å². The zero-order valence-corrected chi connectivity index (χ0v) is 12.5. The van der Waals surface area contributed by atoms with E-state index in [0.717, 1.165) is 5.56 Å². The third-order valence-electron chi connectivity index (χ3n) is 3.67. The van der Waals surface area contributed by atoms with Gasteiger partial charge in [0.15, 0.2) is 11.0 Å². The molecule has 3 atom stereocenters. The fourth-order valence-corrected chi connectivity index (χ4v) is 2.97. The predicted molar refractivity (Wildman–Crippen MR) is 82.9 cm³/mol. The van der Waals surface area contributed by atoms with Gasteiger partial charge in [0.2, 0.25) is 0 Å². The van der Waals surface area contributed by atoms with Crippen molar-refractivity contribution in [3.63, 3.8) is 0 Å². The Hall–Kier alpha value is -1.80. The highest BCUT2D eigenvalue weighted by atomic mass is 32.1. The number of aliphatic hydroxyl groups excluding tert-OH is 2. The number of aliphatic hydroxyl groups is 2. The van der Waals surface area contributed by atoms with Crippen molar-refractivity contribution < 1.29 is 14.9 Å². The molecule has 1 aliphatic rings. The second kappa shape index (κ2) is 6.13. The monoisotopic (exact) mass is 320 g/mol. The van der Waals surface area contributed by atoms with Crippen LogP contribution in [0.25, 0.3) is 11.3 Å². The number of hydrogen-bond donors (Lipinski definition) is 3. The van der Waals surface area contributed by atoms with Crippen LogP contribution in [0.15, 0.2) is 41.2 Å². The minimum atomic E-state index is -0.808. The van der Waals surface area contributed by atoms with Gasteiger partial charge in [-0.1, -0.05) is 30.3 Å². The summed E-state index contributed by atoms with van der Waals surface area (Å²) < 4.78 is 7.43. The second-order valence-electron chi connectivity index (χ2n) is 5.19. The lowest BCUT2D eigenvalue weighted by atomic mass is 10.1. The van der Waals surface area contributed by atoms with Crippen molar-refractivity contribution in [1.29, 1.82) is 0 Å². The van der Waals surface area contributed by atoms with Crippen molar-refractivity contribution in [1.82, 2.24) is 9.55 Å². The van der Waals surface area contributed by atoms with Gasteiger partial charge in [-0.25, -0.2) is 0 Å². The molecular formula is C15H16N2O4S. The molecular weight excluding hydrogens is 304 g/mol. The summed E-state index contributed by atoms with van der Waals surface area (Å²) in [6.07, 6.45) is -1.68. The summed E-state index contributed by atoms with van der Waals surface area (Å²) in [5, 5.41) is 19.4. The molecule has 7 heteroatoms. The lowest BCUT2D eigenvalue weighted by Crippen LogP contribution is -2.25. The average Bonchev–Trinajstić information content (AvgIpc) is 2.88. The lowest BCUT2D eigenvalue weighted by molar-refractivity contribution is -0.0511. The highest BCUT2D eigenvalue weighted by Gasteiger charge is 2.36. The predicted octanol–water partition coefficient (Wildman–Crippen LogP) is 1.21. The van der Waals surface area contributed by atoms with Gasteiger partial charge < -0.3 is 14.9 Å². The summed E-state index contributed by atoms with van der Waals surface area (Å²) in [6, 6.07) is 10.7. The third-order valence-corrected chi connectivity index (χ3v) is 3.97. The van der Waals surface area contributed by atoms with Gasteiger partial charge >= 0.3 is 0 Å². The first-order valence-electron chi connectivity index (χ1n) is 6.96. The summed E-state index contributed by atoms with van der Waals surface area (Å²) >= 11 is 5.25. The van der Waals surface area contributed by atoms with Crippen LogP contribution in [0.3, 0.4) is 0 Å². The van der Waals surface area contributed by atoms with Gasteiger partial charge in [-0.2, -0.15) is 0 Å². The van der Waals surface area contributed by atoms with E-state index in [1.807, 2.05) is 30.3 Å². The molecule has 0 amide bonds. The third kappa shape index (κ3) is 2.76. The maximum atomic E-state index is 11.8. The van der Waals surface area contributed by atoms with Crippen molar-refractivity contribution in [3.8, 4) is 11.3 Å². The van der Waals surface area contributed by atoms with Crippen LogP contribution in [0.4, 0.5) is 0 Å². The van der Waals surface area contributed by atoms with E-state index in [1.165, 1.54) is 6.07 Å². The number of rotatable bonds is 3. The van der Waals surface area contributed by atoms with Gasteiger partial charge in [-0.3, -0.25) is 14.3 Å². The molecule has 3 N–H and O–H groups in total. The van der Waals surface area contributed by atoms with E-state index in [9.17, 15) is 15.0 Å². The Bertz CT molecular complexity index is 771.